The zero-order chi connectivity index (χ0) is 36.8. The van der Waals surface area contributed by atoms with Gasteiger partial charge in [-0.05, 0) is 102 Å². The first-order valence-corrected chi connectivity index (χ1v) is 18.9. The Morgan fingerprint density at radius 2 is 0.821 bits per heavy atom. The molecule has 4 nitrogen and oxygen atoms in total. The highest BCUT2D eigenvalue weighted by molar-refractivity contribution is 6.31. The fraction of sp³-hybridized carbons (Fsp3) is 0. The quantitative estimate of drug-likeness (QED) is 0.165. The van der Waals surface area contributed by atoms with Crippen molar-refractivity contribution in [3.05, 3.63) is 175 Å². The second kappa shape index (κ2) is 10.4. The summed E-state index contributed by atoms with van der Waals surface area (Å²) >= 11 is 0. The normalized spacial score (nSPS) is 12.2. The van der Waals surface area contributed by atoms with Crippen LogP contribution in [0.2, 0.25) is 0 Å². The van der Waals surface area contributed by atoms with Crippen LogP contribution < -0.4 is 0 Å². The topological polar surface area (TPSA) is 38.0 Å². The molecule has 0 unspecified atom stereocenters. The van der Waals surface area contributed by atoms with Crippen LogP contribution in [0.5, 0.6) is 0 Å². The number of fused-ring (bicyclic) bond motifs is 14. The standard InChI is InChI=1S/C52H26N4/c1-54-42-27-45(55-43-22-8-6-16-36(43)51-38-20-10-18-34-30-12-2-4-14-32(30)40(49(34)38)25-47(51)55)29(28-53)24-46(42)56-44-23-9-7-17-37(44)52-39-21-11-19-35-31-13-3-5-15-33(31)41(50(35)39)26-48(52)56/h2-27H. The minimum Gasteiger partial charge on any atom is -0.319 e. The van der Waals surface area contributed by atoms with E-state index in [1.807, 2.05) is 12.1 Å². The molecule has 0 spiro atoms. The molecule has 0 saturated heterocycles. The molecular weight excluding hydrogens is 681 g/mol. The van der Waals surface area contributed by atoms with Crippen LogP contribution in [0.4, 0.5) is 5.69 Å². The van der Waals surface area contributed by atoms with Crippen molar-refractivity contribution in [1.82, 2.24) is 9.13 Å². The Bertz CT molecular complexity index is 3480. The van der Waals surface area contributed by atoms with Crippen molar-refractivity contribution in [3.8, 4) is 62.0 Å². The molecule has 4 heteroatoms. The van der Waals surface area contributed by atoms with Crippen LogP contribution in [0.3, 0.4) is 0 Å². The van der Waals surface area contributed by atoms with Gasteiger partial charge < -0.3 is 9.13 Å². The van der Waals surface area contributed by atoms with Crippen molar-refractivity contribution in [1.29, 1.82) is 5.26 Å². The zero-order valence-corrected chi connectivity index (χ0v) is 29.8. The van der Waals surface area contributed by atoms with E-state index in [0.717, 1.165) is 43.6 Å². The first-order chi connectivity index (χ1) is 27.7. The lowest BCUT2D eigenvalue weighted by Crippen LogP contribution is -2.02. The van der Waals surface area contributed by atoms with Crippen LogP contribution in [0, 0.1) is 17.9 Å². The first kappa shape index (κ1) is 29.5. The van der Waals surface area contributed by atoms with Crippen molar-refractivity contribution in [2.24, 2.45) is 0 Å². The fourth-order valence-corrected chi connectivity index (χ4v) is 10.3. The first-order valence-electron chi connectivity index (χ1n) is 18.9. The maximum absolute atomic E-state index is 11.1. The molecule has 9 aromatic carbocycles. The molecule has 2 aromatic heterocycles. The Labute approximate surface area is 320 Å². The summed E-state index contributed by atoms with van der Waals surface area (Å²) < 4.78 is 4.42. The smallest absolute Gasteiger partial charge is 0.212 e. The van der Waals surface area contributed by atoms with Crippen LogP contribution in [0.1, 0.15) is 5.56 Å². The number of aromatic nitrogens is 2. The molecule has 0 fully saturated rings. The van der Waals surface area contributed by atoms with Gasteiger partial charge in [0.05, 0.1) is 45.6 Å². The third kappa shape index (κ3) is 3.48. The summed E-state index contributed by atoms with van der Waals surface area (Å²) in [5, 5.41) is 20.5. The summed E-state index contributed by atoms with van der Waals surface area (Å²) in [6.45, 7) is 8.67. The third-order valence-electron chi connectivity index (χ3n) is 12.4. The van der Waals surface area contributed by atoms with Gasteiger partial charge in [0, 0.05) is 21.5 Å². The van der Waals surface area contributed by atoms with E-state index < -0.39 is 0 Å². The van der Waals surface area contributed by atoms with Gasteiger partial charge in [0.1, 0.15) is 6.07 Å². The van der Waals surface area contributed by atoms with Crippen LogP contribution in [-0.2, 0) is 0 Å². The van der Waals surface area contributed by atoms with Gasteiger partial charge in [-0.25, -0.2) is 4.85 Å². The monoisotopic (exact) mass is 706 g/mol. The maximum atomic E-state index is 11.1. The van der Waals surface area contributed by atoms with Crippen molar-refractivity contribution in [2.75, 3.05) is 0 Å². The highest BCUT2D eigenvalue weighted by Crippen LogP contribution is 2.53. The number of rotatable bonds is 2. The number of hydrogen-bond acceptors (Lipinski definition) is 1. The molecule has 2 heterocycles. The molecule has 0 aliphatic heterocycles. The largest absolute Gasteiger partial charge is 0.319 e. The molecule has 56 heavy (non-hydrogen) atoms. The number of para-hydroxylation sites is 2. The second-order valence-electron chi connectivity index (χ2n) is 15.0. The Hall–Kier alpha value is -7.92. The van der Waals surface area contributed by atoms with Gasteiger partial charge in [-0.2, -0.15) is 5.26 Å². The lowest BCUT2D eigenvalue weighted by atomic mass is 9.98. The van der Waals surface area contributed by atoms with Gasteiger partial charge in [-0.1, -0.05) is 121 Å². The van der Waals surface area contributed by atoms with E-state index in [9.17, 15) is 5.26 Å². The maximum Gasteiger partial charge on any atom is 0.212 e. The van der Waals surface area contributed by atoms with E-state index in [1.165, 1.54) is 66.1 Å². The minimum atomic E-state index is 0.483. The molecule has 0 saturated carbocycles. The molecular formula is C52H26N4. The van der Waals surface area contributed by atoms with Gasteiger partial charge in [0.2, 0.25) is 5.69 Å². The van der Waals surface area contributed by atoms with Crippen molar-refractivity contribution in [3.63, 3.8) is 0 Å². The Morgan fingerprint density at radius 1 is 0.393 bits per heavy atom. The molecule has 0 amide bonds. The molecule has 0 atom stereocenters. The van der Waals surface area contributed by atoms with Crippen LogP contribution >= 0.6 is 0 Å². The average molecular weight is 707 g/mol. The highest BCUT2D eigenvalue weighted by atomic mass is 15.0. The summed E-state index contributed by atoms with van der Waals surface area (Å²) in [5.41, 5.74) is 16.2. The van der Waals surface area contributed by atoms with E-state index in [0.29, 0.717) is 22.6 Å². The zero-order valence-electron chi connectivity index (χ0n) is 29.8. The van der Waals surface area contributed by atoms with Gasteiger partial charge in [-0.15, -0.1) is 0 Å². The lowest BCUT2D eigenvalue weighted by molar-refractivity contribution is 1.14. The van der Waals surface area contributed by atoms with Crippen molar-refractivity contribution < 1.29 is 0 Å². The summed E-state index contributed by atoms with van der Waals surface area (Å²) in [4.78, 5) is 4.23. The second-order valence-corrected chi connectivity index (χ2v) is 15.0. The SMILES string of the molecule is [C-]#[N+]c1cc(-n2c3ccccc3c3c4cccc5c4c(cc32)-c2ccccc2-5)c(C#N)cc1-n1c2ccccc2c2c3cccc4c3c(cc21)-c1ccccc1-4. The minimum absolute atomic E-state index is 0.483. The molecule has 0 bridgehead atoms. The molecule has 13 rings (SSSR count). The van der Waals surface area contributed by atoms with Gasteiger partial charge in [0.25, 0.3) is 0 Å². The number of nitrogens with zero attached hydrogens (tertiary/aromatic N) is 4. The van der Waals surface area contributed by atoms with Crippen LogP contribution in [0.15, 0.2) is 158 Å². The predicted molar refractivity (Wildman–Crippen MR) is 230 cm³/mol. The summed E-state index contributed by atoms with van der Waals surface area (Å²) in [5.74, 6) is 0. The average Bonchev–Trinajstić information content (AvgIpc) is 3.97. The Morgan fingerprint density at radius 3 is 1.32 bits per heavy atom. The van der Waals surface area contributed by atoms with Crippen LogP contribution in [0.25, 0.3) is 126 Å². The molecule has 0 N–H and O–H groups in total. The van der Waals surface area contributed by atoms with E-state index in [4.69, 9.17) is 6.57 Å². The van der Waals surface area contributed by atoms with Crippen molar-refractivity contribution >= 4 is 70.8 Å². The molecule has 2 aliphatic rings. The van der Waals surface area contributed by atoms with Gasteiger partial charge >= 0.3 is 0 Å². The van der Waals surface area contributed by atoms with E-state index in [-0.39, 0.29) is 0 Å². The Kier molecular flexibility index (Phi) is 5.48. The number of nitriles is 1. The van der Waals surface area contributed by atoms with E-state index in [1.54, 1.807) is 0 Å². The van der Waals surface area contributed by atoms with Gasteiger partial charge in [0.15, 0.2) is 0 Å². The van der Waals surface area contributed by atoms with Crippen molar-refractivity contribution in [2.45, 2.75) is 0 Å². The molecule has 254 valence electrons. The highest BCUT2D eigenvalue weighted by Gasteiger charge is 2.28. The fourth-order valence-electron chi connectivity index (χ4n) is 10.3. The third-order valence-corrected chi connectivity index (χ3v) is 12.4. The molecule has 11 aromatic rings. The van der Waals surface area contributed by atoms with Gasteiger partial charge in [-0.3, -0.25) is 0 Å². The number of hydrogen-bond donors (Lipinski definition) is 0. The lowest BCUT2D eigenvalue weighted by Gasteiger charge is -2.16. The predicted octanol–water partition coefficient (Wildman–Crippen LogP) is 13.9. The van der Waals surface area contributed by atoms with Crippen LogP contribution in [-0.4, -0.2) is 9.13 Å². The summed E-state index contributed by atoms with van der Waals surface area (Å²) in [7, 11) is 0. The summed E-state index contributed by atoms with van der Waals surface area (Å²) in [6, 6.07) is 58.4. The Balaban J connectivity index is 1.14. The van der Waals surface area contributed by atoms with E-state index in [2.05, 4.69) is 166 Å². The summed E-state index contributed by atoms with van der Waals surface area (Å²) in [6.07, 6.45) is 0. The molecule has 0 radical (unpaired) electrons. The number of benzene rings is 9. The van der Waals surface area contributed by atoms with E-state index >= 15 is 0 Å². The molecule has 2 aliphatic carbocycles.